The molecule has 0 bridgehead atoms. The summed E-state index contributed by atoms with van der Waals surface area (Å²) < 4.78 is 59.5. The fourth-order valence-electron chi connectivity index (χ4n) is 2.65. The van der Waals surface area contributed by atoms with Crippen LogP contribution in [-0.2, 0) is 15.7 Å². The number of hydrogen-bond donors (Lipinski definition) is 0. The van der Waals surface area contributed by atoms with Gasteiger partial charge in [-0.25, -0.2) is 4.79 Å². The van der Waals surface area contributed by atoms with Crippen molar-refractivity contribution in [1.82, 2.24) is 0 Å². The molecule has 0 amide bonds. The molecule has 0 aliphatic rings. The Morgan fingerprint density at radius 2 is 1.68 bits per heavy atom. The lowest BCUT2D eigenvalue weighted by Crippen LogP contribution is -2.12. The highest BCUT2D eigenvalue weighted by atomic mass is 35.5. The van der Waals surface area contributed by atoms with E-state index in [-0.39, 0.29) is 33.8 Å². The van der Waals surface area contributed by atoms with Crippen molar-refractivity contribution in [3.63, 3.8) is 0 Å². The number of hydrogen-bond acceptors (Lipinski definition) is 7. The summed E-state index contributed by atoms with van der Waals surface area (Å²) in [5, 5.41) is 11.2. The average molecular weight is 498 g/mol. The molecule has 0 fully saturated rings. The van der Waals surface area contributed by atoms with Crippen LogP contribution in [0.3, 0.4) is 0 Å². The average Bonchev–Trinajstić information content (AvgIpc) is 2.79. The van der Waals surface area contributed by atoms with Crippen LogP contribution in [0.15, 0.2) is 60.7 Å². The van der Waals surface area contributed by atoms with Crippen LogP contribution >= 0.6 is 11.6 Å². The molecule has 8 nitrogen and oxygen atoms in total. The van der Waals surface area contributed by atoms with Gasteiger partial charge in [-0.2, -0.15) is 13.2 Å². The van der Waals surface area contributed by atoms with Crippen LogP contribution < -0.4 is 14.2 Å². The van der Waals surface area contributed by atoms with E-state index in [0.29, 0.717) is 6.07 Å². The molecule has 0 radical (unpaired) electrons. The Hall–Kier alpha value is -3.99. The topological polar surface area (TPSA) is 97.1 Å². The van der Waals surface area contributed by atoms with E-state index in [9.17, 15) is 28.1 Å². The molecule has 0 aromatic heterocycles. The summed E-state index contributed by atoms with van der Waals surface area (Å²) in [4.78, 5) is 22.1. The quantitative estimate of drug-likeness (QED) is 0.202. The van der Waals surface area contributed by atoms with E-state index in [1.165, 1.54) is 31.4 Å². The first kappa shape index (κ1) is 24.6. The second-order valence-corrected chi connectivity index (χ2v) is 6.95. The van der Waals surface area contributed by atoms with Gasteiger partial charge in [-0.1, -0.05) is 23.7 Å². The van der Waals surface area contributed by atoms with Crippen molar-refractivity contribution in [2.75, 3.05) is 13.7 Å². The van der Waals surface area contributed by atoms with Gasteiger partial charge in [0.1, 0.15) is 11.5 Å². The van der Waals surface area contributed by atoms with Gasteiger partial charge in [0.2, 0.25) is 5.75 Å². The molecule has 12 heteroatoms. The van der Waals surface area contributed by atoms with Crippen LogP contribution in [0, 0.1) is 10.1 Å². The summed E-state index contributed by atoms with van der Waals surface area (Å²) in [5.74, 6) is -0.825. The van der Waals surface area contributed by atoms with E-state index in [4.69, 9.17) is 25.8 Å². The van der Waals surface area contributed by atoms with E-state index in [1.807, 2.05) is 0 Å². The predicted octanol–water partition coefficient (Wildman–Crippen LogP) is 6.40. The van der Waals surface area contributed by atoms with Crippen LogP contribution in [-0.4, -0.2) is 24.6 Å². The molecule has 3 aromatic carbocycles. The van der Waals surface area contributed by atoms with Crippen molar-refractivity contribution in [2.24, 2.45) is 0 Å². The summed E-state index contributed by atoms with van der Waals surface area (Å²) in [5.41, 5.74) is -1.38. The Kier molecular flexibility index (Phi) is 7.47. The summed E-state index contributed by atoms with van der Waals surface area (Å²) in [7, 11) is 1.19. The van der Waals surface area contributed by atoms with Gasteiger partial charge in [0.05, 0.1) is 22.6 Å². The molecule has 0 saturated heterocycles. The lowest BCUT2D eigenvalue weighted by molar-refractivity contribution is -0.385. The molecule has 0 aliphatic carbocycles. The van der Waals surface area contributed by atoms with Crippen molar-refractivity contribution in [1.29, 1.82) is 0 Å². The number of carbonyl (C=O) groups excluding carboxylic acids is 1. The minimum Gasteiger partial charge on any atom is -0.478 e. The monoisotopic (exact) mass is 497 g/mol. The fraction of sp³-hybridized carbons (Fsp3) is 0.136. The molecule has 34 heavy (non-hydrogen) atoms. The number of para-hydroxylation sites is 2. The molecule has 0 spiro atoms. The maximum absolute atomic E-state index is 12.8. The van der Waals surface area contributed by atoms with E-state index < -0.39 is 34.9 Å². The van der Waals surface area contributed by atoms with Gasteiger partial charge < -0.3 is 18.9 Å². The summed E-state index contributed by atoms with van der Waals surface area (Å²) in [6, 6.07) is 12.1. The smallest absolute Gasteiger partial charge is 0.416 e. The van der Waals surface area contributed by atoms with Crippen molar-refractivity contribution >= 4 is 23.3 Å². The van der Waals surface area contributed by atoms with Crippen molar-refractivity contribution in [3.05, 3.63) is 81.4 Å². The maximum atomic E-state index is 12.8. The van der Waals surface area contributed by atoms with Crippen LogP contribution in [0.5, 0.6) is 28.7 Å². The van der Waals surface area contributed by atoms with E-state index in [0.717, 1.165) is 18.2 Å². The first-order valence-electron chi connectivity index (χ1n) is 9.38. The lowest BCUT2D eigenvalue weighted by atomic mass is 10.2. The Labute approximate surface area is 195 Å². The highest BCUT2D eigenvalue weighted by Crippen LogP contribution is 2.41. The van der Waals surface area contributed by atoms with Gasteiger partial charge in [-0.3, -0.25) is 10.1 Å². The van der Waals surface area contributed by atoms with E-state index in [2.05, 4.69) is 4.74 Å². The lowest BCUT2D eigenvalue weighted by Gasteiger charge is -2.14. The zero-order chi connectivity index (χ0) is 24.9. The SMILES string of the molecule is COC(=O)COc1ccccc1Oc1cc(Oc2ccc(C(F)(F)F)cc2Cl)ccc1[N+](=O)[O-]. The predicted molar refractivity (Wildman–Crippen MR) is 114 cm³/mol. The minimum absolute atomic E-state index is 0.00946. The van der Waals surface area contributed by atoms with Gasteiger partial charge in [-0.05, 0) is 36.4 Å². The van der Waals surface area contributed by atoms with Crippen LogP contribution in [0.25, 0.3) is 0 Å². The number of benzene rings is 3. The first-order chi connectivity index (χ1) is 16.1. The van der Waals surface area contributed by atoms with Crippen molar-refractivity contribution in [2.45, 2.75) is 6.18 Å². The number of methoxy groups -OCH3 is 1. The molecule has 0 N–H and O–H groups in total. The highest BCUT2D eigenvalue weighted by molar-refractivity contribution is 6.32. The molecule has 178 valence electrons. The molecule has 0 aliphatic heterocycles. The maximum Gasteiger partial charge on any atom is 0.416 e. The number of nitro groups is 1. The highest BCUT2D eigenvalue weighted by Gasteiger charge is 2.31. The number of halogens is 4. The van der Waals surface area contributed by atoms with Gasteiger partial charge in [0.25, 0.3) is 0 Å². The van der Waals surface area contributed by atoms with Crippen LogP contribution in [0.2, 0.25) is 5.02 Å². The van der Waals surface area contributed by atoms with E-state index >= 15 is 0 Å². The van der Waals surface area contributed by atoms with E-state index in [1.54, 1.807) is 12.1 Å². The van der Waals surface area contributed by atoms with Crippen molar-refractivity contribution in [3.8, 4) is 28.7 Å². The number of esters is 1. The number of ether oxygens (including phenoxy) is 4. The number of carbonyl (C=O) groups is 1. The molecule has 0 saturated carbocycles. The third-order valence-corrected chi connectivity index (χ3v) is 4.55. The second kappa shape index (κ2) is 10.3. The third kappa shape index (κ3) is 6.07. The molecule has 3 rings (SSSR count). The molecule has 0 heterocycles. The molecule has 3 aromatic rings. The Bertz CT molecular complexity index is 1220. The number of rotatable bonds is 8. The minimum atomic E-state index is -4.58. The number of alkyl halides is 3. The van der Waals surface area contributed by atoms with Crippen LogP contribution in [0.1, 0.15) is 5.56 Å². The van der Waals surface area contributed by atoms with Gasteiger partial charge in [-0.15, -0.1) is 0 Å². The van der Waals surface area contributed by atoms with Crippen LogP contribution in [0.4, 0.5) is 18.9 Å². The summed E-state index contributed by atoms with van der Waals surface area (Å²) in [6.45, 7) is -0.422. The van der Waals surface area contributed by atoms with Gasteiger partial charge in [0.15, 0.2) is 18.1 Å². The summed E-state index contributed by atoms with van der Waals surface area (Å²) in [6.07, 6.45) is -4.58. The Morgan fingerprint density at radius 3 is 2.29 bits per heavy atom. The Balaban J connectivity index is 1.90. The molecule has 0 unspecified atom stereocenters. The zero-order valence-corrected chi connectivity index (χ0v) is 18.1. The number of nitrogens with zero attached hydrogens (tertiary/aromatic N) is 1. The molecule has 0 atom stereocenters. The zero-order valence-electron chi connectivity index (χ0n) is 17.3. The molecular weight excluding hydrogens is 483 g/mol. The fourth-order valence-corrected chi connectivity index (χ4v) is 2.86. The second-order valence-electron chi connectivity index (χ2n) is 6.55. The summed E-state index contributed by atoms with van der Waals surface area (Å²) >= 11 is 5.91. The van der Waals surface area contributed by atoms with Crippen molar-refractivity contribution < 1.29 is 41.8 Å². The van der Waals surface area contributed by atoms with Gasteiger partial charge >= 0.3 is 17.8 Å². The normalized spacial score (nSPS) is 11.0. The Morgan fingerprint density at radius 1 is 0.971 bits per heavy atom. The number of nitro benzene ring substituents is 1. The first-order valence-corrected chi connectivity index (χ1v) is 9.76. The third-order valence-electron chi connectivity index (χ3n) is 4.26. The largest absolute Gasteiger partial charge is 0.478 e. The van der Waals surface area contributed by atoms with Gasteiger partial charge in [0, 0.05) is 12.1 Å². The standard InChI is InChI=1S/C22H15ClF3NO7/c1-31-21(28)12-32-18-4-2-3-5-19(18)34-20-11-14(7-8-16(20)27(29)30)33-17-9-6-13(10-15(17)23)22(24,25)26/h2-11H,12H2,1H3. The molecular formula is C22H15ClF3NO7.